The maximum absolute atomic E-state index is 11.5. The van der Waals surface area contributed by atoms with Crippen LogP contribution in [0.2, 0.25) is 0 Å². The highest BCUT2D eigenvalue weighted by atomic mass is 16.2. The van der Waals surface area contributed by atoms with Crippen molar-refractivity contribution >= 4 is 11.9 Å². The molecule has 1 atom stereocenters. The molecule has 0 aromatic heterocycles. The molecule has 0 bridgehead atoms. The van der Waals surface area contributed by atoms with E-state index < -0.39 is 6.03 Å². The molecular weight excluding hydrogens is 168 g/mol. The zero-order valence-electron chi connectivity index (χ0n) is 8.13. The number of nitrogens with zero attached hydrogens (tertiary/aromatic N) is 1. The van der Waals surface area contributed by atoms with Gasteiger partial charge in [-0.25, -0.2) is 4.79 Å². The fourth-order valence-corrected chi connectivity index (χ4v) is 1.42. The van der Waals surface area contributed by atoms with Crippen LogP contribution < -0.4 is 5.73 Å². The van der Waals surface area contributed by atoms with Crippen molar-refractivity contribution in [2.45, 2.75) is 20.8 Å². The predicted octanol–water partition coefficient (Wildman–Crippen LogP) is 0.880. The summed E-state index contributed by atoms with van der Waals surface area (Å²) in [5, 5.41) is 0. The average molecular weight is 182 g/mol. The second-order valence-corrected chi connectivity index (χ2v) is 3.46. The van der Waals surface area contributed by atoms with Gasteiger partial charge in [-0.15, -0.1) is 0 Å². The van der Waals surface area contributed by atoms with E-state index in [1.54, 1.807) is 6.92 Å². The van der Waals surface area contributed by atoms with Gasteiger partial charge in [0.25, 0.3) is 5.91 Å². The van der Waals surface area contributed by atoms with Gasteiger partial charge < -0.3 is 5.73 Å². The van der Waals surface area contributed by atoms with Gasteiger partial charge in [0.15, 0.2) is 0 Å². The Morgan fingerprint density at radius 3 is 2.54 bits per heavy atom. The van der Waals surface area contributed by atoms with E-state index in [1.165, 1.54) is 0 Å². The first kappa shape index (κ1) is 9.77. The van der Waals surface area contributed by atoms with Crippen LogP contribution in [-0.2, 0) is 4.79 Å². The molecule has 1 unspecified atom stereocenters. The van der Waals surface area contributed by atoms with Crippen molar-refractivity contribution in [1.29, 1.82) is 0 Å². The summed E-state index contributed by atoms with van der Waals surface area (Å²) in [5.41, 5.74) is 6.75. The Kier molecular flexibility index (Phi) is 2.40. The van der Waals surface area contributed by atoms with E-state index in [9.17, 15) is 9.59 Å². The second-order valence-electron chi connectivity index (χ2n) is 3.46. The minimum Gasteiger partial charge on any atom is -0.351 e. The average Bonchev–Trinajstić information content (AvgIpc) is 2.07. The highest BCUT2D eigenvalue weighted by Gasteiger charge is 2.29. The monoisotopic (exact) mass is 182 g/mol. The molecule has 0 aromatic rings. The van der Waals surface area contributed by atoms with Crippen molar-refractivity contribution in [3.05, 3.63) is 11.1 Å². The lowest BCUT2D eigenvalue weighted by atomic mass is 9.93. The molecule has 0 fully saturated rings. The van der Waals surface area contributed by atoms with E-state index in [2.05, 4.69) is 0 Å². The molecule has 1 aliphatic rings. The van der Waals surface area contributed by atoms with Gasteiger partial charge in [0.2, 0.25) is 0 Å². The van der Waals surface area contributed by atoms with E-state index in [1.807, 2.05) is 13.8 Å². The van der Waals surface area contributed by atoms with Crippen LogP contribution in [0.25, 0.3) is 0 Å². The summed E-state index contributed by atoms with van der Waals surface area (Å²) < 4.78 is 0. The van der Waals surface area contributed by atoms with Crippen LogP contribution in [0, 0.1) is 5.92 Å². The lowest BCUT2D eigenvalue weighted by Crippen LogP contribution is -2.46. The summed E-state index contributed by atoms with van der Waals surface area (Å²) >= 11 is 0. The van der Waals surface area contributed by atoms with Gasteiger partial charge >= 0.3 is 6.03 Å². The normalized spacial score (nSPS) is 23.8. The SMILES string of the molecule is CC1=C(C)C(C)CN(C(N)=O)C1=O. The van der Waals surface area contributed by atoms with Crippen LogP contribution in [0.4, 0.5) is 4.79 Å². The van der Waals surface area contributed by atoms with Crippen molar-refractivity contribution in [3.63, 3.8) is 0 Å². The molecule has 1 rings (SSSR count). The third kappa shape index (κ3) is 1.56. The second kappa shape index (κ2) is 3.20. The van der Waals surface area contributed by atoms with Gasteiger partial charge in [-0.2, -0.15) is 0 Å². The Morgan fingerprint density at radius 2 is 2.08 bits per heavy atom. The van der Waals surface area contributed by atoms with Crippen LogP contribution >= 0.6 is 0 Å². The molecule has 13 heavy (non-hydrogen) atoms. The molecule has 0 radical (unpaired) electrons. The quantitative estimate of drug-likeness (QED) is 0.604. The summed E-state index contributed by atoms with van der Waals surface area (Å²) in [5.74, 6) is -0.0479. The maximum atomic E-state index is 11.5. The largest absolute Gasteiger partial charge is 0.351 e. The number of amides is 3. The number of hydrogen-bond donors (Lipinski definition) is 1. The third-order valence-corrected chi connectivity index (χ3v) is 2.62. The molecule has 1 aliphatic heterocycles. The lowest BCUT2D eigenvalue weighted by molar-refractivity contribution is -0.125. The fraction of sp³-hybridized carbons (Fsp3) is 0.556. The zero-order chi connectivity index (χ0) is 10.2. The van der Waals surface area contributed by atoms with E-state index in [0.717, 1.165) is 10.5 Å². The number of nitrogens with two attached hydrogens (primary N) is 1. The number of rotatable bonds is 0. The van der Waals surface area contributed by atoms with Crippen LogP contribution in [0.15, 0.2) is 11.1 Å². The summed E-state index contributed by atoms with van der Waals surface area (Å²) in [6.07, 6.45) is 0. The van der Waals surface area contributed by atoms with Crippen molar-refractivity contribution in [3.8, 4) is 0 Å². The first-order chi connectivity index (χ1) is 5.95. The molecule has 0 saturated heterocycles. The topological polar surface area (TPSA) is 63.4 Å². The zero-order valence-corrected chi connectivity index (χ0v) is 8.13. The van der Waals surface area contributed by atoms with E-state index in [-0.39, 0.29) is 11.8 Å². The Bertz CT molecular complexity index is 294. The van der Waals surface area contributed by atoms with Crippen molar-refractivity contribution < 1.29 is 9.59 Å². The van der Waals surface area contributed by atoms with Gasteiger partial charge in [0, 0.05) is 12.1 Å². The molecule has 0 aromatic carbocycles. The summed E-state index contributed by atoms with van der Waals surface area (Å²) in [6, 6.07) is -0.663. The maximum Gasteiger partial charge on any atom is 0.321 e. The molecular formula is C9H14N2O2. The molecule has 2 N–H and O–H groups in total. The molecule has 3 amide bonds. The Morgan fingerprint density at radius 1 is 1.54 bits per heavy atom. The summed E-state index contributed by atoms with van der Waals surface area (Å²) in [7, 11) is 0. The van der Waals surface area contributed by atoms with Crippen LogP contribution in [-0.4, -0.2) is 23.4 Å². The molecule has 4 nitrogen and oxygen atoms in total. The van der Waals surface area contributed by atoms with Crippen molar-refractivity contribution in [2.24, 2.45) is 11.7 Å². The highest BCUT2D eigenvalue weighted by Crippen LogP contribution is 2.23. The third-order valence-electron chi connectivity index (χ3n) is 2.62. The van der Waals surface area contributed by atoms with Crippen molar-refractivity contribution in [1.82, 2.24) is 4.90 Å². The molecule has 1 heterocycles. The number of carbonyl (C=O) groups is 2. The van der Waals surface area contributed by atoms with E-state index >= 15 is 0 Å². The Labute approximate surface area is 77.4 Å². The highest BCUT2D eigenvalue weighted by molar-refractivity contribution is 6.04. The van der Waals surface area contributed by atoms with E-state index in [4.69, 9.17) is 5.73 Å². The first-order valence-electron chi connectivity index (χ1n) is 4.23. The van der Waals surface area contributed by atoms with Crippen LogP contribution in [0.1, 0.15) is 20.8 Å². The number of imide groups is 1. The Hall–Kier alpha value is -1.32. The van der Waals surface area contributed by atoms with Crippen LogP contribution in [0.3, 0.4) is 0 Å². The summed E-state index contributed by atoms with van der Waals surface area (Å²) in [4.78, 5) is 23.4. The van der Waals surface area contributed by atoms with Gasteiger partial charge in [0.1, 0.15) is 0 Å². The number of urea groups is 1. The standard InChI is InChI=1S/C9H14N2O2/c1-5-4-11(9(10)13)8(12)7(3)6(5)2/h5H,4H2,1-3H3,(H2,10,13). The van der Waals surface area contributed by atoms with Crippen molar-refractivity contribution in [2.75, 3.05) is 6.54 Å². The molecule has 0 saturated carbocycles. The smallest absolute Gasteiger partial charge is 0.321 e. The molecule has 0 spiro atoms. The molecule has 0 aliphatic carbocycles. The summed E-state index contributed by atoms with van der Waals surface area (Å²) in [6.45, 7) is 6.01. The van der Waals surface area contributed by atoms with Gasteiger partial charge in [-0.3, -0.25) is 9.69 Å². The number of primary amides is 1. The Balaban J connectivity index is 3.03. The number of hydrogen-bond acceptors (Lipinski definition) is 2. The fourth-order valence-electron chi connectivity index (χ4n) is 1.42. The van der Waals surface area contributed by atoms with Gasteiger partial charge in [0.05, 0.1) is 0 Å². The molecule has 72 valence electrons. The first-order valence-corrected chi connectivity index (χ1v) is 4.23. The lowest BCUT2D eigenvalue weighted by Gasteiger charge is -2.29. The van der Waals surface area contributed by atoms with E-state index in [0.29, 0.717) is 12.1 Å². The molecule has 4 heteroatoms. The predicted molar refractivity (Wildman–Crippen MR) is 48.8 cm³/mol. The van der Waals surface area contributed by atoms with Gasteiger partial charge in [-0.05, 0) is 19.8 Å². The van der Waals surface area contributed by atoms with Crippen LogP contribution in [0.5, 0.6) is 0 Å². The number of carbonyl (C=O) groups excluding carboxylic acids is 2. The minimum atomic E-state index is -0.663. The van der Waals surface area contributed by atoms with Gasteiger partial charge in [-0.1, -0.05) is 12.5 Å². The minimum absolute atomic E-state index is 0.213.